The summed E-state index contributed by atoms with van der Waals surface area (Å²) in [5.74, 6) is -5.06. The fraction of sp³-hybridized carbons (Fsp3) is 0.444. The first-order valence-electron chi connectivity index (χ1n) is 4.93. The van der Waals surface area contributed by atoms with Crippen molar-refractivity contribution in [2.24, 2.45) is 0 Å². The van der Waals surface area contributed by atoms with Gasteiger partial charge in [-0.3, -0.25) is 4.79 Å². The average molecular weight is 297 g/mol. The average Bonchev–Trinajstić information content (AvgIpc) is 2.74. The van der Waals surface area contributed by atoms with Crippen LogP contribution in [0.2, 0.25) is 0 Å². The van der Waals surface area contributed by atoms with E-state index in [4.69, 9.17) is 5.11 Å². The summed E-state index contributed by atoms with van der Waals surface area (Å²) in [6, 6.07) is -0.0923. The molecule has 0 saturated heterocycles. The number of halogens is 2. The Morgan fingerprint density at radius 1 is 1.56 bits per heavy atom. The van der Waals surface area contributed by atoms with E-state index in [-0.39, 0.29) is 18.5 Å². The van der Waals surface area contributed by atoms with Crippen LogP contribution < -0.4 is 0 Å². The summed E-state index contributed by atoms with van der Waals surface area (Å²) in [4.78, 5) is 11.9. The van der Waals surface area contributed by atoms with Crippen LogP contribution in [0.3, 0.4) is 0 Å². The summed E-state index contributed by atoms with van der Waals surface area (Å²) >= 11 is 1.30. The fourth-order valence-electron chi connectivity index (χ4n) is 1.93. The molecule has 2 rings (SSSR count). The first-order chi connectivity index (χ1) is 8.35. The van der Waals surface area contributed by atoms with Gasteiger partial charge in [-0.05, 0) is 23.4 Å². The first-order valence-corrected chi connectivity index (χ1v) is 7.32. The van der Waals surface area contributed by atoms with Crippen molar-refractivity contribution < 1.29 is 27.1 Å². The van der Waals surface area contributed by atoms with Crippen LogP contribution in [0.15, 0.2) is 11.4 Å². The van der Waals surface area contributed by atoms with Gasteiger partial charge in [0.05, 0.1) is 0 Å². The second kappa shape index (κ2) is 4.56. The van der Waals surface area contributed by atoms with Gasteiger partial charge in [-0.15, -0.1) is 11.3 Å². The van der Waals surface area contributed by atoms with E-state index in [0.717, 1.165) is 4.88 Å². The molecule has 0 fully saturated rings. The predicted octanol–water partition coefficient (Wildman–Crippen LogP) is 1.28. The number of alkyl halides is 2. The molecule has 9 heteroatoms. The van der Waals surface area contributed by atoms with E-state index in [1.807, 2.05) is 0 Å². The van der Waals surface area contributed by atoms with Gasteiger partial charge in [0, 0.05) is 11.4 Å². The zero-order chi connectivity index (χ0) is 13.5. The zero-order valence-electron chi connectivity index (χ0n) is 8.92. The highest BCUT2D eigenvalue weighted by atomic mass is 32.2. The van der Waals surface area contributed by atoms with E-state index in [1.54, 1.807) is 5.38 Å². The number of carboxylic acid groups (broad SMARTS) is 1. The van der Waals surface area contributed by atoms with Gasteiger partial charge in [0.2, 0.25) is 0 Å². The molecule has 0 aromatic carbocycles. The summed E-state index contributed by atoms with van der Waals surface area (Å²) in [7, 11) is -4.89. The van der Waals surface area contributed by atoms with Crippen molar-refractivity contribution in [3.8, 4) is 0 Å². The second-order valence-electron chi connectivity index (χ2n) is 3.71. The Balaban J connectivity index is 2.49. The molecular formula is C9H9F2NO4S2. The Kier molecular flexibility index (Phi) is 3.39. The second-order valence-corrected chi connectivity index (χ2v) is 6.56. The van der Waals surface area contributed by atoms with Gasteiger partial charge in [0.1, 0.15) is 6.04 Å². The lowest BCUT2D eigenvalue weighted by Crippen LogP contribution is -2.45. The lowest BCUT2D eigenvalue weighted by molar-refractivity contribution is -0.142. The van der Waals surface area contributed by atoms with Gasteiger partial charge in [0.25, 0.3) is 10.0 Å². The van der Waals surface area contributed by atoms with Crippen LogP contribution in [0.25, 0.3) is 0 Å². The molecule has 1 aromatic heterocycles. The number of thiophene rings is 1. The minimum absolute atomic E-state index is 0.239. The van der Waals surface area contributed by atoms with Crippen molar-refractivity contribution in [3.05, 3.63) is 21.9 Å². The van der Waals surface area contributed by atoms with Crippen molar-refractivity contribution in [1.82, 2.24) is 4.31 Å². The fourth-order valence-corrected chi connectivity index (χ4v) is 3.88. The number of hydrogen-bond donors (Lipinski definition) is 1. The van der Waals surface area contributed by atoms with Crippen LogP contribution in [-0.4, -0.2) is 36.1 Å². The standard InChI is InChI=1S/C9H9F2NO4S2/c10-9(11)18(15,16)12-3-1-6-5(2-4-17-6)7(12)8(13)14/h2,4,7,9H,1,3H2,(H,13,14). The molecule has 0 spiro atoms. The number of carbonyl (C=O) groups is 1. The van der Waals surface area contributed by atoms with Crippen molar-refractivity contribution in [1.29, 1.82) is 0 Å². The smallest absolute Gasteiger partial charge is 0.350 e. The normalized spacial score (nSPS) is 20.9. The highest BCUT2D eigenvalue weighted by molar-refractivity contribution is 7.89. The van der Waals surface area contributed by atoms with Crippen molar-refractivity contribution in [3.63, 3.8) is 0 Å². The molecule has 18 heavy (non-hydrogen) atoms. The van der Waals surface area contributed by atoms with E-state index < -0.39 is 27.8 Å². The molecule has 100 valence electrons. The van der Waals surface area contributed by atoms with Crippen molar-refractivity contribution in [2.45, 2.75) is 18.2 Å². The van der Waals surface area contributed by atoms with Crippen molar-refractivity contribution in [2.75, 3.05) is 6.54 Å². The Bertz CT molecular complexity index is 569. The third kappa shape index (κ3) is 2.02. The maximum atomic E-state index is 12.5. The van der Waals surface area contributed by atoms with Crippen LogP contribution in [0.5, 0.6) is 0 Å². The summed E-state index contributed by atoms with van der Waals surface area (Å²) in [6.07, 6.45) is 0.253. The number of nitrogens with zero attached hydrogens (tertiary/aromatic N) is 1. The molecule has 2 heterocycles. The predicted molar refractivity (Wildman–Crippen MR) is 60.0 cm³/mol. The van der Waals surface area contributed by atoms with E-state index in [2.05, 4.69) is 0 Å². The van der Waals surface area contributed by atoms with Gasteiger partial charge < -0.3 is 5.11 Å². The number of rotatable bonds is 3. The zero-order valence-corrected chi connectivity index (χ0v) is 10.5. The first kappa shape index (κ1) is 13.4. The number of hydrogen-bond acceptors (Lipinski definition) is 4. The third-order valence-electron chi connectivity index (χ3n) is 2.71. The molecule has 5 nitrogen and oxygen atoms in total. The Labute approximate surface area is 106 Å². The molecule has 1 aliphatic rings. The minimum atomic E-state index is -4.89. The van der Waals surface area contributed by atoms with E-state index in [0.29, 0.717) is 4.31 Å². The van der Waals surface area contributed by atoms with Gasteiger partial charge in [-0.1, -0.05) is 0 Å². The molecule has 0 radical (unpaired) electrons. The molecule has 0 aliphatic carbocycles. The Morgan fingerprint density at radius 2 is 2.22 bits per heavy atom. The van der Waals surface area contributed by atoms with Crippen LogP contribution >= 0.6 is 11.3 Å². The van der Waals surface area contributed by atoms with E-state index in [1.165, 1.54) is 17.4 Å². The molecular weight excluding hydrogens is 288 g/mol. The van der Waals surface area contributed by atoms with Crippen LogP contribution in [0.1, 0.15) is 16.5 Å². The maximum Gasteiger partial charge on any atom is 0.350 e. The molecule has 0 bridgehead atoms. The number of sulfonamides is 1. The van der Waals surface area contributed by atoms with Gasteiger partial charge in [-0.2, -0.15) is 13.1 Å². The Morgan fingerprint density at radius 3 is 2.78 bits per heavy atom. The minimum Gasteiger partial charge on any atom is -0.480 e. The summed E-state index contributed by atoms with van der Waals surface area (Å²) in [5.41, 5.74) is 0.281. The van der Waals surface area contributed by atoms with Crippen molar-refractivity contribution >= 4 is 27.3 Å². The molecule has 1 aromatic rings. The molecule has 0 saturated carbocycles. The maximum absolute atomic E-state index is 12.5. The van der Waals surface area contributed by atoms with Crippen LogP contribution in [0, 0.1) is 0 Å². The topological polar surface area (TPSA) is 74.7 Å². The van der Waals surface area contributed by atoms with Gasteiger partial charge in [0.15, 0.2) is 0 Å². The number of fused-ring (bicyclic) bond motifs is 1. The molecule has 0 amide bonds. The molecule has 1 N–H and O–H groups in total. The Hall–Kier alpha value is -1.06. The summed E-state index contributed by atoms with van der Waals surface area (Å²) in [5, 5.41) is 10.7. The molecule has 1 atom stereocenters. The molecule has 1 aliphatic heterocycles. The number of aliphatic carboxylic acids is 1. The monoisotopic (exact) mass is 297 g/mol. The van der Waals surface area contributed by atoms with E-state index in [9.17, 15) is 22.0 Å². The lowest BCUT2D eigenvalue weighted by Gasteiger charge is -2.31. The molecule has 1 unspecified atom stereocenters. The van der Waals surface area contributed by atoms with Gasteiger partial charge >= 0.3 is 11.7 Å². The lowest BCUT2D eigenvalue weighted by atomic mass is 10.0. The highest BCUT2D eigenvalue weighted by Crippen LogP contribution is 2.36. The van der Waals surface area contributed by atoms with Gasteiger partial charge in [-0.25, -0.2) is 8.42 Å². The van der Waals surface area contributed by atoms with Crippen LogP contribution in [0.4, 0.5) is 8.78 Å². The quantitative estimate of drug-likeness (QED) is 0.912. The summed E-state index contributed by atoms with van der Waals surface area (Å²) in [6.45, 7) is -0.239. The van der Waals surface area contributed by atoms with Crippen LogP contribution in [-0.2, 0) is 21.2 Å². The van der Waals surface area contributed by atoms with E-state index >= 15 is 0 Å². The summed E-state index contributed by atoms with van der Waals surface area (Å²) < 4.78 is 48.3. The third-order valence-corrected chi connectivity index (χ3v) is 5.20. The highest BCUT2D eigenvalue weighted by Gasteiger charge is 2.44. The SMILES string of the molecule is O=C(O)C1c2ccsc2CCN1S(=O)(=O)C(F)F. The number of carboxylic acids is 1. The largest absolute Gasteiger partial charge is 0.480 e.